The fourth-order valence-corrected chi connectivity index (χ4v) is 2.79. The Morgan fingerprint density at radius 2 is 1.81 bits per heavy atom. The van der Waals surface area contributed by atoms with Crippen LogP contribution in [-0.4, -0.2) is 18.1 Å². The van der Waals surface area contributed by atoms with Crippen molar-refractivity contribution in [2.75, 3.05) is 0 Å². The monoisotopic (exact) mass is 289 g/mol. The second kappa shape index (κ2) is 7.48. The molecule has 1 atom stereocenters. The number of nitrogens with one attached hydrogen (secondary N) is 1. The fraction of sp³-hybridized carbons (Fsp3) is 0.611. The smallest absolute Gasteiger partial charge is 0.260 e. The van der Waals surface area contributed by atoms with Crippen molar-refractivity contribution in [3.05, 3.63) is 29.3 Å². The first-order valence-electron chi connectivity index (χ1n) is 8.10. The maximum atomic E-state index is 12.2. The van der Waals surface area contributed by atoms with E-state index in [0.29, 0.717) is 6.04 Å². The highest BCUT2D eigenvalue weighted by Crippen LogP contribution is 2.19. The van der Waals surface area contributed by atoms with Crippen LogP contribution >= 0.6 is 0 Å². The molecule has 0 aromatic heterocycles. The van der Waals surface area contributed by atoms with E-state index < -0.39 is 6.10 Å². The van der Waals surface area contributed by atoms with Crippen LogP contribution in [-0.2, 0) is 4.79 Å². The van der Waals surface area contributed by atoms with Gasteiger partial charge >= 0.3 is 0 Å². The molecule has 0 aliphatic heterocycles. The van der Waals surface area contributed by atoms with Gasteiger partial charge in [-0.2, -0.15) is 0 Å². The molecule has 3 heteroatoms. The quantitative estimate of drug-likeness (QED) is 0.853. The number of aryl methyl sites for hydroxylation is 2. The normalized spacial score (nSPS) is 17.9. The molecule has 1 aliphatic carbocycles. The number of carbonyl (C=O) groups excluding carboxylic acids is 1. The van der Waals surface area contributed by atoms with E-state index in [1.54, 1.807) is 0 Å². The molecular weight excluding hydrogens is 262 g/mol. The molecule has 1 aromatic rings. The van der Waals surface area contributed by atoms with E-state index in [1.807, 2.05) is 25.1 Å². The largest absolute Gasteiger partial charge is 0.481 e. The van der Waals surface area contributed by atoms with Crippen molar-refractivity contribution in [2.24, 2.45) is 0 Å². The molecule has 0 heterocycles. The molecule has 0 unspecified atom stereocenters. The van der Waals surface area contributed by atoms with Crippen molar-refractivity contribution >= 4 is 5.91 Å². The van der Waals surface area contributed by atoms with Gasteiger partial charge in [-0.1, -0.05) is 31.7 Å². The summed E-state index contributed by atoms with van der Waals surface area (Å²) < 4.78 is 5.77. The SMILES string of the molecule is Cc1ccc(O[C@H](C)C(=O)NC2CCCCCC2)cc1C. The molecule has 21 heavy (non-hydrogen) atoms. The van der Waals surface area contributed by atoms with Gasteiger partial charge in [0, 0.05) is 6.04 Å². The Morgan fingerprint density at radius 1 is 1.14 bits per heavy atom. The predicted octanol–water partition coefficient (Wildman–Crippen LogP) is 3.91. The highest BCUT2D eigenvalue weighted by atomic mass is 16.5. The lowest BCUT2D eigenvalue weighted by Gasteiger charge is -2.20. The predicted molar refractivity (Wildman–Crippen MR) is 85.6 cm³/mol. The molecule has 1 N–H and O–H groups in total. The summed E-state index contributed by atoms with van der Waals surface area (Å²) in [4.78, 5) is 12.2. The average molecular weight is 289 g/mol. The summed E-state index contributed by atoms with van der Waals surface area (Å²) in [5.41, 5.74) is 2.42. The minimum atomic E-state index is -0.449. The number of hydrogen-bond acceptors (Lipinski definition) is 2. The first-order chi connectivity index (χ1) is 10.1. The molecule has 2 rings (SSSR count). The lowest BCUT2D eigenvalue weighted by molar-refractivity contribution is -0.128. The summed E-state index contributed by atoms with van der Waals surface area (Å²) in [6.07, 6.45) is 6.77. The van der Waals surface area contributed by atoms with Crippen molar-refractivity contribution in [3.63, 3.8) is 0 Å². The van der Waals surface area contributed by atoms with Gasteiger partial charge in [-0.05, 0) is 56.9 Å². The molecule has 0 saturated heterocycles. The lowest BCUT2D eigenvalue weighted by Crippen LogP contribution is -2.42. The number of rotatable bonds is 4. The minimum absolute atomic E-state index is 0.000119. The third-order valence-electron chi connectivity index (χ3n) is 4.36. The van der Waals surface area contributed by atoms with Crippen LogP contribution in [0.4, 0.5) is 0 Å². The number of benzene rings is 1. The molecule has 1 saturated carbocycles. The van der Waals surface area contributed by atoms with E-state index in [4.69, 9.17) is 4.74 Å². The van der Waals surface area contributed by atoms with Gasteiger partial charge in [0.05, 0.1) is 0 Å². The van der Waals surface area contributed by atoms with Gasteiger partial charge in [0.2, 0.25) is 0 Å². The topological polar surface area (TPSA) is 38.3 Å². The van der Waals surface area contributed by atoms with Crippen LogP contribution in [0.25, 0.3) is 0 Å². The summed E-state index contributed by atoms with van der Waals surface area (Å²) in [7, 11) is 0. The van der Waals surface area contributed by atoms with Crippen LogP contribution in [0.1, 0.15) is 56.6 Å². The molecule has 3 nitrogen and oxygen atoms in total. The molecular formula is C18H27NO2. The van der Waals surface area contributed by atoms with E-state index in [0.717, 1.165) is 18.6 Å². The summed E-state index contributed by atoms with van der Waals surface area (Å²) in [6.45, 7) is 5.95. The molecule has 1 amide bonds. The van der Waals surface area contributed by atoms with E-state index in [2.05, 4.69) is 19.2 Å². The summed E-state index contributed by atoms with van der Waals surface area (Å²) in [5, 5.41) is 3.14. The van der Waals surface area contributed by atoms with Crippen LogP contribution < -0.4 is 10.1 Å². The van der Waals surface area contributed by atoms with Gasteiger partial charge in [-0.15, -0.1) is 0 Å². The Hall–Kier alpha value is -1.51. The molecule has 0 bridgehead atoms. The zero-order valence-corrected chi connectivity index (χ0v) is 13.4. The maximum absolute atomic E-state index is 12.2. The Labute approximate surface area is 128 Å². The first kappa shape index (κ1) is 15.9. The van der Waals surface area contributed by atoms with Gasteiger partial charge < -0.3 is 10.1 Å². The Morgan fingerprint density at radius 3 is 2.43 bits per heavy atom. The van der Waals surface area contributed by atoms with Gasteiger partial charge in [0.1, 0.15) is 5.75 Å². The third kappa shape index (κ3) is 4.76. The summed E-state index contributed by atoms with van der Waals surface area (Å²) in [6, 6.07) is 6.27. The number of amides is 1. The molecule has 1 fully saturated rings. The molecule has 1 aromatic carbocycles. The second-order valence-corrected chi connectivity index (χ2v) is 6.20. The molecule has 0 spiro atoms. The first-order valence-corrected chi connectivity index (χ1v) is 8.10. The number of ether oxygens (including phenoxy) is 1. The van der Waals surface area contributed by atoms with Crippen LogP contribution in [0.5, 0.6) is 5.75 Å². The van der Waals surface area contributed by atoms with E-state index in [1.165, 1.54) is 36.8 Å². The number of hydrogen-bond donors (Lipinski definition) is 1. The second-order valence-electron chi connectivity index (χ2n) is 6.20. The summed E-state index contributed by atoms with van der Waals surface area (Å²) in [5.74, 6) is 0.766. The fourth-order valence-electron chi connectivity index (χ4n) is 2.79. The van der Waals surface area contributed by atoms with Crippen LogP contribution in [0.15, 0.2) is 18.2 Å². The Bertz CT molecular complexity index is 476. The Kier molecular flexibility index (Phi) is 5.66. The maximum Gasteiger partial charge on any atom is 0.260 e. The van der Waals surface area contributed by atoms with Gasteiger partial charge in [-0.25, -0.2) is 0 Å². The molecule has 0 radical (unpaired) electrons. The standard InChI is InChI=1S/C18H27NO2/c1-13-10-11-17(12-14(13)2)21-15(3)18(20)19-16-8-6-4-5-7-9-16/h10-12,15-16H,4-9H2,1-3H3,(H,19,20)/t15-/m1/s1. The van der Waals surface area contributed by atoms with Crippen molar-refractivity contribution in [2.45, 2.75) is 71.4 Å². The van der Waals surface area contributed by atoms with Crippen LogP contribution in [0.3, 0.4) is 0 Å². The summed E-state index contributed by atoms with van der Waals surface area (Å²) >= 11 is 0. The van der Waals surface area contributed by atoms with Gasteiger partial charge in [0.15, 0.2) is 6.10 Å². The van der Waals surface area contributed by atoms with Gasteiger partial charge in [-0.3, -0.25) is 4.79 Å². The molecule has 1 aliphatic rings. The number of carbonyl (C=O) groups is 1. The van der Waals surface area contributed by atoms with Crippen molar-refractivity contribution < 1.29 is 9.53 Å². The van der Waals surface area contributed by atoms with Crippen molar-refractivity contribution in [3.8, 4) is 5.75 Å². The highest BCUT2D eigenvalue weighted by molar-refractivity contribution is 5.81. The average Bonchev–Trinajstić information content (AvgIpc) is 2.71. The van der Waals surface area contributed by atoms with Crippen LogP contribution in [0.2, 0.25) is 0 Å². The van der Waals surface area contributed by atoms with Crippen molar-refractivity contribution in [1.82, 2.24) is 5.32 Å². The van der Waals surface area contributed by atoms with Gasteiger partial charge in [0.25, 0.3) is 5.91 Å². The van der Waals surface area contributed by atoms with E-state index in [-0.39, 0.29) is 5.91 Å². The Balaban J connectivity index is 1.87. The zero-order valence-electron chi connectivity index (χ0n) is 13.4. The van der Waals surface area contributed by atoms with Crippen LogP contribution in [0, 0.1) is 13.8 Å². The third-order valence-corrected chi connectivity index (χ3v) is 4.36. The molecule has 116 valence electrons. The van der Waals surface area contributed by atoms with Crippen molar-refractivity contribution in [1.29, 1.82) is 0 Å². The lowest BCUT2D eigenvalue weighted by atomic mass is 10.1. The van der Waals surface area contributed by atoms with E-state index >= 15 is 0 Å². The zero-order chi connectivity index (χ0) is 15.2. The van der Waals surface area contributed by atoms with E-state index in [9.17, 15) is 4.79 Å². The minimum Gasteiger partial charge on any atom is -0.481 e. The highest BCUT2D eigenvalue weighted by Gasteiger charge is 2.20.